The molecule has 0 saturated heterocycles. The molecular weight excluding hydrogens is 544 g/mol. The molecule has 3 aromatic rings. The van der Waals surface area contributed by atoms with Crippen LogP contribution in [0.4, 0.5) is 11.4 Å². The second kappa shape index (κ2) is 9.68. The highest BCUT2D eigenvalue weighted by Crippen LogP contribution is 2.14. The summed E-state index contributed by atoms with van der Waals surface area (Å²) in [5.41, 5.74) is 2.08. The highest BCUT2D eigenvalue weighted by Gasteiger charge is 2.19. The largest absolute Gasteiger partial charge is 0.298 e. The Kier molecular flexibility index (Phi) is 7.20. The van der Waals surface area contributed by atoms with Gasteiger partial charge in [-0.2, -0.15) is 35.5 Å². The fraction of sp³-hybridized carbons (Fsp3) is 0. The molecule has 0 radical (unpaired) electrons. The first-order valence-electron chi connectivity index (χ1n) is 9.18. The lowest BCUT2D eigenvalue weighted by molar-refractivity contribution is 0.480. The highest BCUT2D eigenvalue weighted by atomic mass is 32.2. The Morgan fingerprint density at radius 3 is 1.39 bits per heavy atom. The van der Waals surface area contributed by atoms with Crippen molar-refractivity contribution in [2.24, 2.45) is 10.2 Å². The molecule has 0 atom stereocenters. The second-order valence-corrected chi connectivity index (χ2v) is 11.1. The standard InChI is InChI=1S/C18H14N4O11S3/c23-17-14(21-19-10-1-5-12(6-2-10)34(25,26)27)9-15(36(31,32)33)18(24)16(17)22-20-11-3-7-13(8-4-11)35(28,29)30/h1-9,19-20H,(H,25,26,27)(H,28,29,30)(H,31,32,33)/b21-14-,22-16-. The first kappa shape index (κ1) is 26.8. The Morgan fingerprint density at radius 2 is 1.00 bits per heavy atom. The lowest BCUT2D eigenvalue weighted by Crippen LogP contribution is -2.50. The molecule has 0 aliphatic rings. The molecule has 3 rings (SSSR count). The van der Waals surface area contributed by atoms with Crippen molar-refractivity contribution in [1.82, 2.24) is 0 Å². The minimum absolute atomic E-state index is 0.0361. The summed E-state index contributed by atoms with van der Waals surface area (Å²) >= 11 is 0. The smallest absolute Gasteiger partial charge is 0.286 e. The molecule has 15 nitrogen and oxygen atoms in total. The van der Waals surface area contributed by atoms with Gasteiger partial charge < -0.3 is 0 Å². The number of nitrogens with one attached hydrogen (secondary N) is 2. The predicted octanol–water partition coefficient (Wildman–Crippen LogP) is -1.12. The van der Waals surface area contributed by atoms with E-state index in [0.717, 1.165) is 48.5 Å². The van der Waals surface area contributed by atoms with Crippen molar-refractivity contribution < 1.29 is 38.9 Å². The normalized spacial score (nSPS) is 13.5. The summed E-state index contributed by atoms with van der Waals surface area (Å²) in [5.74, 6) is 0. The van der Waals surface area contributed by atoms with Gasteiger partial charge in [0.05, 0.1) is 21.2 Å². The van der Waals surface area contributed by atoms with Gasteiger partial charge in [0, 0.05) is 0 Å². The molecule has 3 aromatic carbocycles. The summed E-state index contributed by atoms with van der Waals surface area (Å²) in [4.78, 5) is 23.1. The summed E-state index contributed by atoms with van der Waals surface area (Å²) in [6.07, 6.45) is 0. The Bertz CT molecular complexity index is 1880. The molecule has 0 aromatic heterocycles. The van der Waals surface area contributed by atoms with Crippen molar-refractivity contribution in [3.63, 3.8) is 0 Å². The van der Waals surface area contributed by atoms with Gasteiger partial charge in [-0.1, -0.05) is 0 Å². The quantitative estimate of drug-likeness (QED) is 0.170. The van der Waals surface area contributed by atoms with Crippen molar-refractivity contribution in [1.29, 1.82) is 0 Å². The van der Waals surface area contributed by atoms with Crippen LogP contribution in [-0.4, -0.2) is 38.9 Å². The maximum absolute atomic E-state index is 12.7. The van der Waals surface area contributed by atoms with Crippen LogP contribution in [0.2, 0.25) is 0 Å². The van der Waals surface area contributed by atoms with Gasteiger partial charge >= 0.3 is 0 Å². The zero-order valence-corrected chi connectivity index (χ0v) is 19.9. The molecular formula is C18H14N4O11S3. The SMILES string of the molecule is O=c1c(S(=O)(=O)O)c/c(=N/Nc2ccc(S(=O)(=O)O)cc2)c(=O)/c1=N/Nc1ccc(S(=O)(=O)O)cc1. The lowest BCUT2D eigenvalue weighted by atomic mass is 10.3. The van der Waals surface area contributed by atoms with Gasteiger partial charge in [-0.3, -0.25) is 34.1 Å². The van der Waals surface area contributed by atoms with E-state index in [1.807, 2.05) is 0 Å². The van der Waals surface area contributed by atoms with Crippen molar-refractivity contribution in [2.75, 3.05) is 10.9 Å². The zero-order chi connectivity index (χ0) is 26.9. The molecule has 0 bridgehead atoms. The van der Waals surface area contributed by atoms with Gasteiger partial charge in [0.15, 0.2) is 5.36 Å². The van der Waals surface area contributed by atoms with E-state index in [-0.39, 0.29) is 11.4 Å². The second-order valence-electron chi connectivity index (χ2n) is 6.82. The third kappa shape index (κ3) is 6.24. The van der Waals surface area contributed by atoms with Crippen LogP contribution in [0.25, 0.3) is 0 Å². The summed E-state index contributed by atoms with van der Waals surface area (Å²) in [7, 11) is -14.1. The average molecular weight is 559 g/mol. The fourth-order valence-corrected chi connectivity index (χ4v) is 4.17. The Labute approximate surface area is 202 Å². The number of nitrogens with zero attached hydrogens (tertiary/aromatic N) is 2. The molecule has 0 unspecified atom stereocenters. The van der Waals surface area contributed by atoms with Crippen LogP contribution in [0, 0.1) is 0 Å². The van der Waals surface area contributed by atoms with E-state index < -0.39 is 66.6 Å². The van der Waals surface area contributed by atoms with E-state index in [1.165, 1.54) is 0 Å². The number of anilines is 2. The molecule has 0 heterocycles. The van der Waals surface area contributed by atoms with Crippen molar-refractivity contribution in [3.05, 3.63) is 85.8 Å². The van der Waals surface area contributed by atoms with E-state index in [9.17, 15) is 39.4 Å². The van der Waals surface area contributed by atoms with Crippen LogP contribution in [0.3, 0.4) is 0 Å². The summed E-state index contributed by atoms with van der Waals surface area (Å²) in [6.45, 7) is 0. The Morgan fingerprint density at radius 1 is 0.583 bits per heavy atom. The molecule has 0 saturated carbocycles. The predicted molar refractivity (Wildman–Crippen MR) is 122 cm³/mol. The number of rotatable bonds is 7. The molecule has 0 aliphatic heterocycles. The van der Waals surface area contributed by atoms with Crippen molar-refractivity contribution >= 4 is 41.7 Å². The van der Waals surface area contributed by atoms with Gasteiger partial charge in [0.1, 0.15) is 10.3 Å². The molecule has 18 heteroatoms. The van der Waals surface area contributed by atoms with Crippen molar-refractivity contribution in [3.8, 4) is 0 Å². The fourth-order valence-electron chi connectivity index (χ4n) is 2.62. The third-order valence-corrected chi connectivity index (χ3v) is 6.93. The first-order chi connectivity index (χ1) is 16.6. The maximum atomic E-state index is 12.7. The summed E-state index contributed by atoms with van der Waals surface area (Å²) in [5, 5.41) is 5.55. The maximum Gasteiger partial charge on any atom is 0.298 e. The molecule has 36 heavy (non-hydrogen) atoms. The monoisotopic (exact) mass is 558 g/mol. The molecule has 0 aliphatic carbocycles. The highest BCUT2D eigenvalue weighted by molar-refractivity contribution is 7.86. The molecule has 0 fully saturated rings. The minimum Gasteiger partial charge on any atom is -0.286 e. The van der Waals surface area contributed by atoms with E-state index in [1.54, 1.807) is 0 Å². The summed E-state index contributed by atoms with van der Waals surface area (Å²) in [6, 6.07) is 9.04. The van der Waals surface area contributed by atoms with Crippen LogP contribution in [0.15, 0.2) is 89.1 Å². The van der Waals surface area contributed by atoms with E-state index in [4.69, 9.17) is 9.11 Å². The van der Waals surface area contributed by atoms with Crippen LogP contribution in [0.5, 0.6) is 0 Å². The Balaban J connectivity index is 2.08. The van der Waals surface area contributed by atoms with Gasteiger partial charge in [-0.15, -0.1) is 0 Å². The molecule has 0 amide bonds. The number of hydrogen-bond acceptors (Lipinski definition) is 12. The minimum atomic E-state index is -5.12. The van der Waals surface area contributed by atoms with Gasteiger partial charge in [-0.05, 0) is 54.6 Å². The third-order valence-electron chi connectivity index (χ3n) is 4.34. The zero-order valence-electron chi connectivity index (χ0n) is 17.4. The van der Waals surface area contributed by atoms with Gasteiger partial charge in [0.2, 0.25) is 10.9 Å². The first-order valence-corrected chi connectivity index (χ1v) is 13.5. The number of benzene rings is 3. The van der Waals surface area contributed by atoms with Crippen LogP contribution >= 0.6 is 0 Å². The summed E-state index contributed by atoms with van der Waals surface area (Å²) < 4.78 is 95.1. The topological polar surface area (TPSA) is 246 Å². The molecule has 0 spiro atoms. The molecule has 190 valence electrons. The molecule has 5 N–H and O–H groups in total. The average Bonchev–Trinajstić information content (AvgIpc) is 2.77. The van der Waals surface area contributed by atoms with Gasteiger partial charge in [0.25, 0.3) is 30.4 Å². The van der Waals surface area contributed by atoms with E-state index in [2.05, 4.69) is 21.1 Å². The van der Waals surface area contributed by atoms with Crippen molar-refractivity contribution in [2.45, 2.75) is 14.7 Å². The number of hydrogen-bond donors (Lipinski definition) is 5. The van der Waals surface area contributed by atoms with Crippen LogP contribution in [-0.2, 0) is 30.4 Å². The Hall–Kier alpha value is -3.81. The van der Waals surface area contributed by atoms with E-state index >= 15 is 0 Å². The van der Waals surface area contributed by atoms with Crippen LogP contribution in [0.1, 0.15) is 0 Å². The van der Waals surface area contributed by atoms with Crippen LogP contribution < -0.4 is 32.4 Å². The van der Waals surface area contributed by atoms with Gasteiger partial charge in [-0.25, -0.2) is 0 Å². The lowest BCUT2D eigenvalue weighted by Gasteiger charge is -2.02. The van der Waals surface area contributed by atoms with E-state index in [0.29, 0.717) is 6.07 Å².